The lowest BCUT2D eigenvalue weighted by molar-refractivity contribution is 0.195. The van der Waals surface area contributed by atoms with Crippen LogP contribution in [-0.4, -0.2) is 40.6 Å². The monoisotopic (exact) mass is 529 g/mol. The van der Waals surface area contributed by atoms with E-state index in [4.69, 9.17) is 27.6 Å². The van der Waals surface area contributed by atoms with E-state index in [1.165, 1.54) is 0 Å². The van der Waals surface area contributed by atoms with Gasteiger partial charge < -0.3 is 27.6 Å². The lowest BCUT2D eigenvalue weighted by Gasteiger charge is -2.34. The number of ether oxygens (including phenoxy) is 2. The predicted octanol–water partition coefficient (Wildman–Crippen LogP) is 6.52. The molecule has 2 atom stereocenters. The van der Waals surface area contributed by atoms with Gasteiger partial charge in [-0.1, -0.05) is 24.3 Å². The Morgan fingerprint density at radius 2 is 0.886 bits per heavy atom. The van der Waals surface area contributed by atoms with Crippen LogP contribution in [0.1, 0.15) is 50.4 Å². The molecule has 0 saturated heterocycles. The van der Waals surface area contributed by atoms with Gasteiger partial charge in [-0.2, -0.15) is 0 Å². The van der Waals surface area contributed by atoms with Gasteiger partial charge >= 0.3 is 15.2 Å². The van der Waals surface area contributed by atoms with Crippen LogP contribution in [-0.2, 0) is 27.2 Å². The molecule has 0 radical (unpaired) electrons. The molecule has 11 heteroatoms. The molecule has 2 aromatic carbocycles. The summed E-state index contributed by atoms with van der Waals surface area (Å²) in [6.07, 6.45) is 0. The van der Waals surface area contributed by atoms with Crippen LogP contribution < -0.4 is 14.8 Å². The van der Waals surface area contributed by atoms with Crippen molar-refractivity contribution in [2.45, 2.75) is 39.3 Å². The molecule has 0 saturated carbocycles. The van der Waals surface area contributed by atoms with Gasteiger partial charge in [0.25, 0.3) is 0 Å². The standard InChI is InChI=1S/C24H37NO8P2/c1-7-30-34(26,31-8-2)23(19-11-15-21(28-5)16-12-19)25-24(35(27,32-9-3)33-10-4)20-13-17-22(29-6)18-14-20/h11-18,23-25H,7-10H2,1-6H3/t23-,24-/m0/s1. The van der Waals surface area contributed by atoms with Crippen LogP contribution in [0, 0.1) is 0 Å². The van der Waals surface area contributed by atoms with Crippen LogP contribution in [0.15, 0.2) is 48.5 Å². The zero-order chi connectivity index (χ0) is 25.9. The Balaban J connectivity index is 2.67. The van der Waals surface area contributed by atoms with Crippen LogP contribution >= 0.6 is 15.2 Å². The smallest absolute Gasteiger partial charge is 0.351 e. The molecule has 0 aliphatic rings. The quantitative estimate of drug-likeness (QED) is 0.243. The van der Waals surface area contributed by atoms with E-state index in [1.807, 2.05) is 0 Å². The largest absolute Gasteiger partial charge is 0.497 e. The van der Waals surface area contributed by atoms with E-state index < -0.39 is 26.8 Å². The Morgan fingerprint density at radius 1 is 0.600 bits per heavy atom. The molecule has 9 nitrogen and oxygen atoms in total. The van der Waals surface area contributed by atoms with E-state index >= 15 is 0 Å². The van der Waals surface area contributed by atoms with Gasteiger partial charge in [0.15, 0.2) is 0 Å². The van der Waals surface area contributed by atoms with Crippen molar-refractivity contribution in [3.05, 3.63) is 59.7 Å². The highest BCUT2D eigenvalue weighted by Crippen LogP contribution is 2.65. The van der Waals surface area contributed by atoms with E-state index in [0.717, 1.165) is 0 Å². The maximum absolute atomic E-state index is 14.0. The predicted molar refractivity (Wildman–Crippen MR) is 136 cm³/mol. The first-order valence-corrected chi connectivity index (χ1v) is 14.8. The Kier molecular flexibility index (Phi) is 11.9. The molecule has 35 heavy (non-hydrogen) atoms. The van der Waals surface area contributed by atoms with Gasteiger partial charge in [-0.25, -0.2) is 0 Å². The van der Waals surface area contributed by atoms with Gasteiger partial charge in [0.1, 0.15) is 23.1 Å². The molecular weight excluding hydrogens is 492 g/mol. The molecule has 2 rings (SSSR count). The molecule has 0 aliphatic carbocycles. The first-order valence-electron chi connectivity index (χ1n) is 11.6. The number of hydrogen-bond acceptors (Lipinski definition) is 9. The van der Waals surface area contributed by atoms with Crippen molar-refractivity contribution in [1.29, 1.82) is 0 Å². The average Bonchev–Trinajstić information content (AvgIpc) is 2.85. The SMILES string of the molecule is CCOP(=O)(OCC)[C@H](N[C@H](c1ccc(OC)cc1)P(=O)(OCC)OCC)c1ccc(OC)cc1. The summed E-state index contributed by atoms with van der Waals surface area (Å²) in [5.41, 5.74) is 1.21. The Labute approximate surface area is 208 Å². The minimum absolute atomic E-state index is 0.160. The third kappa shape index (κ3) is 7.64. The maximum Gasteiger partial charge on any atom is 0.351 e. The summed E-state index contributed by atoms with van der Waals surface area (Å²) in [6, 6.07) is 14.0. The third-order valence-corrected chi connectivity index (χ3v) is 9.68. The van der Waals surface area contributed by atoms with Crippen LogP contribution in [0.5, 0.6) is 11.5 Å². The Morgan fingerprint density at radius 3 is 1.11 bits per heavy atom. The zero-order valence-electron chi connectivity index (χ0n) is 21.3. The van der Waals surface area contributed by atoms with Crippen molar-refractivity contribution in [1.82, 2.24) is 5.32 Å². The lowest BCUT2D eigenvalue weighted by atomic mass is 10.2. The highest BCUT2D eigenvalue weighted by atomic mass is 31.2. The fourth-order valence-corrected chi connectivity index (χ4v) is 7.59. The number of methoxy groups -OCH3 is 2. The average molecular weight is 530 g/mol. The van der Waals surface area contributed by atoms with Crippen molar-refractivity contribution in [2.75, 3.05) is 40.6 Å². The first kappa shape index (κ1) is 29.5. The van der Waals surface area contributed by atoms with Gasteiger partial charge in [0.2, 0.25) is 0 Å². The molecule has 0 unspecified atom stereocenters. The summed E-state index contributed by atoms with van der Waals surface area (Å²) in [4.78, 5) is 0. The van der Waals surface area contributed by atoms with E-state index in [1.54, 1.807) is 90.4 Å². The highest BCUT2D eigenvalue weighted by Gasteiger charge is 2.44. The molecule has 0 spiro atoms. The Bertz CT molecular complexity index is 885. The Hall–Kier alpha value is -1.70. The summed E-state index contributed by atoms with van der Waals surface area (Å²) in [6.45, 7) is 7.60. The number of rotatable bonds is 16. The van der Waals surface area contributed by atoms with Crippen molar-refractivity contribution in [2.24, 2.45) is 0 Å². The van der Waals surface area contributed by atoms with Crippen LogP contribution in [0.2, 0.25) is 0 Å². The van der Waals surface area contributed by atoms with Crippen molar-refractivity contribution in [3.8, 4) is 11.5 Å². The second-order valence-electron chi connectivity index (χ2n) is 7.27. The van der Waals surface area contributed by atoms with Gasteiger partial charge in [-0.15, -0.1) is 0 Å². The number of hydrogen-bond donors (Lipinski definition) is 1. The normalized spacial score (nSPS) is 13.9. The van der Waals surface area contributed by atoms with Gasteiger partial charge in [-0.05, 0) is 63.1 Å². The summed E-state index contributed by atoms with van der Waals surface area (Å²) < 4.78 is 61.4. The lowest BCUT2D eigenvalue weighted by Crippen LogP contribution is -2.29. The zero-order valence-corrected chi connectivity index (χ0v) is 23.1. The second kappa shape index (κ2) is 14.1. The van der Waals surface area contributed by atoms with Gasteiger partial charge in [0.05, 0.1) is 40.6 Å². The summed E-state index contributed by atoms with van der Waals surface area (Å²) in [5, 5.41) is 3.27. The summed E-state index contributed by atoms with van der Waals surface area (Å²) >= 11 is 0. The minimum atomic E-state index is -3.78. The van der Waals surface area contributed by atoms with Gasteiger partial charge in [0, 0.05) is 0 Å². The fourth-order valence-electron chi connectivity index (χ4n) is 3.55. The molecular formula is C24H37NO8P2. The fraction of sp³-hybridized carbons (Fsp3) is 0.500. The topological polar surface area (TPSA) is 102 Å². The number of nitrogens with one attached hydrogen (secondary N) is 1. The van der Waals surface area contributed by atoms with E-state index in [-0.39, 0.29) is 26.4 Å². The molecule has 2 aromatic rings. The van der Waals surface area contributed by atoms with E-state index in [0.29, 0.717) is 22.6 Å². The van der Waals surface area contributed by atoms with Crippen molar-refractivity contribution >= 4 is 15.2 Å². The van der Waals surface area contributed by atoms with Crippen molar-refractivity contribution in [3.63, 3.8) is 0 Å². The molecule has 0 fully saturated rings. The summed E-state index contributed by atoms with van der Waals surface area (Å²) in [5.74, 6) is -0.684. The molecule has 0 amide bonds. The van der Waals surface area contributed by atoms with Crippen LogP contribution in [0.25, 0.3) is 0 Å². The first-order chi connectivity index (χ1) is 16.8. The maximum atomic E-state index is 14.0. The van der Waals surface area contributed by atoms with Crippen LogP contribution in [0.4, 0.5) is 0 Å². The van der Waals surface area contributed by atoms with Crippen LogP contribution in [0.3, 0.4) is 0 Å². The molecule has 0 heterocycles. The summed E-state index contributed by atoms with van der Waals surface area (Å²) in [7, 11) is -4.43. The molecule has 196 valence electrons. The third-order valence-electron chi connectivity index (χ3n) is 5.05. The van der Waals surface area contributed by atoms with E-state index in [9.17, 15) is 9.13 Å². The van der Waals surface area contributed by atoms with Gasteiger partial charge in [-0.3, -0.25) is 14.4 Å². The molecule has 0 aliphatic heterocycles. The minimum Gasteiger partial charge on any atom is -0.497 e. The highest BCUT2D eigenvalue weighted by molar-refractivity contribution is 7.55. The second-order valence-corrected chi connectivity index (χ2v) is 11.5. The molecule has 1 N–H and O–H groups in total. The van der Waals surface area contributed by atoms with E-state index in [2.05, 4.69) is 5.32 Å². The molecule has 0 aromatic heterocycles. The molecule has 0 bridgehead atoms. The number of benzene rings is 2. The van der Waals surface area contributed by atoms with Crippen molar-refractivity contribution < 1.29 is 36.7 Å².